The van der Waals surface area contributed by atoms with Crippen molar-refractivity contribution in [2.24, 2.45) is 0 Å². The number of aromatic nitrogens is 1. The van der Waals surface area contributed by atoms with Crippen molar-refractivity contribution >= 4 is 32.5 Å². The number of hydrogen-bond donors (Lipinski definition) is 1. The molecule has 0 fully saturated rings. The third-order valence-corrected chi connectivity index (χ3v) is 3.87. The van der Waals surface area contributed by atoms with E-state index in [0.717, 1.165) is 20.9 Å². The van der Waals surface area contributed by atoms with Gasteiger partial charge in [0.2, 0.25) is 0 Å². The molecule has 3 rings (SSSR count). The van der Waals surface area contributed by atoms with E-state index in [4.69, 9.17) is 5.73 Å². The van der Waals surface area contributed by atoms with Crippen LogP contribution in [0.1, 0.15) is 5.56 Å². The highest BCUT2D eigenvalue weighted by molar-refractivity contribution is 9.10. The molecule has 1 aromatic heterocycles. The third kappa shape index (κ3) is 2.36. The summed E-state index contributed by atoms with van der Waals surface area (Å²) in [4.78, 5) is 0. The molecular weight excluding hydrogens is 307 g/mol. The predicted molar refractivity (Wildman–Crippen MR) is 79.6 cm³/mol. The maximum atomic E-state index is 13.3. The topological polar surface area (TPSA) is 30.9 Å². The average molecular weight is 319 g/mol. The Kier molecular flexibility index (Phi) is 3.03. The zero-order valence-corrected chi connectivity index (χ0v) is 11.7. The number of nitrogen functional groups attached to an aromatic ring is 1. The summed E-state index contributed by atoms with van der Waals surface area (Å²) in [5.74, 6) is -0.220. The molecule has 0 unspecified atom stereocenters. The molecule has 4 heteroatoms. The van der Waals surface area contributed by atoms with Crippen molar-refractivity contribution in [3.8, 4) is 0 Å². The van der Waals surface area contributed by atoms with Gasteiger partial charge in [-0.05, 0) is 63.3 Å². The SMILES string of the molecule is Nc1cc(Cn2ccc3ccc(F)cc32)ccc1Br. The fraction of sp³-hybridized carbons (Fsp3) is 0.0667. The minimum Gasteiger partial charge on any atom is -0.398 e. The lowest BCUT2D eigenvalue weighted by Crippen LogP contribution is -1.99. The van der Waals surface area contributed by atoms with E-state index in [1.165, 1.54) is 6.07 Å². The Bertz CT molecular complexity index is 749. The first-order valence-electron chi connectivity index (χ1n) is 5.92. The smallest absolute Gasteiger partial charge is 0.125 e. The van der Waals surface area contributed by atoms with Crippen molar-refractivity contribution < 1.29 is 4.39 Å². The van der Waals surface area contributed by atoms with Crippen molar-refractivity contribution in [3.05, 3.63) is 64.5 Å². The molecule has 2 N–H and O–H groups in total. The summed E-state index contributed by atoms with van der Waals surface area (Å²) in [5, 5.41) is 1.03. The Morgan fingerprint density at radius 2 is 1.95 bits per heavy atom. The molecule has 2 nitrogen and oxygen atoms in total. The van der Waals surface area contributed by atoms with Crippen LogP contribution in [0.3, 0.4) is 0 Å². The van der Waals surface area contributed by atoms with Crippen LogP contribution in [0.15, 0.2) is 53.1 Å². The van der Waals surface area contributed by atoms with Gasteiger partial charge in [-0.1, -0.05) is 6.07 Å². The Labute approximate surface area is 118 Å². The number of anilines is 1. The lowest BCUT2D eigenvalue weighted by atomic mass is 10.2. The van der Waals surface area contributed by atoms with E-state index >= 15 is 0 Å². The van der Waals surface area contributed by atoms with E-state index in [1.54, 1.807) is 12.1 Å². The van der Waals surface area contributed by atoms with Crippen LogP contribution in [0.2, 0.25) is 0 Å². The van der Waals surface area contributed by atoms with Crippen molar-refractivity contribution in [2.75, 3.05) is 5.73 Å². The normalized spacial score (nSPS) is 11.1. The van der Waals surface area contributed by atoms with E-state index in [-0.39, 0.29) is 5.82 Å². The molecule has 0 amide bonds. The van der Waals surface area contributed by atoms with Crippen LogP contribution in [0.25, 0.3) is 10.9 Å². The number of nitrogens with zero attached hydrogens (tertiary/aromatic N) is 1. The Hall–Kier alpha value is -1.81. The van der Waals surface area contributed by atoms with Gasteiger partial charge in [-0.2, -0.15) is 0 Å². The van der Waals surface area contributed by atoms with Crippen LogP contribution in [0.5, 0.6) is 0 Å². The van der Waals surface area contributed by atoms with Crippen LogP contribution in [0, 0.1) is 5.82 Å². The lowest BCUT2D eigenvalue weighted by molar-refractivity contribution is 0.628. The fourth-order valence-corrected chi connectivity index (χ4v) is 2.43. The molecular formula is C15H12BrFN2. The highest BCUT2D eigenvalue weighted by atomic mass is 79.9. The molecule has 1 heterocycles. The van der Waals surface area contributed by atoms with Gasteiger partial charge in [0.1, 0.15) is 5.82 Å². The second-order valence-corrected chi connectivity index (χ2v) is 5.36. The maximum absolute atomic E-state index is 13.3. The first kappa shape index (κ1) is 12.2. The van der Waals surface area contributed by atoms with Gasteiger partial charge in [0.05, 0.1) is 5.52 Å². The Morgan fingerprint density at radius 3 is 2.74 bits per heavy atom. The molecule has 2 aromatic carbocycles. The number of rotatable bonds is 2. The second kappa shape index (κ2) is 4.70. The molecule has 96 valence electrons. The van der Waals surface area contributed by atoms with Crippen LogP contribution in [-0.4, -0.2) is 4.57 Å². The molecule has 0 atom stereocenters. The summed E-state index contributed by atoms with van der Waals surface area (Å²) in [7, 11) is 0. The van der Waals surface area contributed by atoms with E-state index in [1.807, 2.05) is 35.0 Å². The van der Waals surface area contributed by atoms with Crippen molar-refractivity contribution in [1.82, 2.24) is 4.57 Å². The van der Waals surface area contributed by atoms with E-state index in [0.29, 0.717) is 12.2 Å². The molecule has 0 bridgehead atoms. The highest BCUT2D eigenvalue weighted by Crippen LogP contribution is 2.23. The molecule has 0 radical (unpaired) electrons. The Morgan fingerprint density at radius 1 is 1.11 bits per heavy atom. The van der Waals surface area contributed by atoms with Crippen LogP contribution < -0.4 is 5.73 Å². The summed E-state index contributed by atoms with van der Waals surface area (Å²) in [6.07, 6.45) is 1.96. The largest absolute Gasteiger partial charge is 0.398 e. The number of hydrogen-bond acceptors (Lipinski definition) is 1. The summed E-state index contributed by atoms with van der Waals surface area (Å²) in [6, 6.07) is 12.7. The van der Waals surface area contributed by atoms with Crippen molar-refractivity contribution in [1.29, 1.82) is 0 Å². The lowest BCUT2D eigenvalue weighted by Gasteiger charge is -2.07. The first-order chi connectivity index (χ1) is 9.13. The van der Waals surface area contributed by atoms with Gasteiger partial charge >= 0.3 is 0 Å². The minimum atomic E-state index is -0.220. The standard InChI is InChI=1S/C15H12BrFN2/c16-13-4-1-10(7-14(13)18)9-19-6-5-11-2-3-12(17)8-15(11)19/h1-8H,9,18H2. The summed E-state index contributed by atoms with van der Waals surface area (Å²) < 4.78 is 16.2. The van der Waals surface area contributed by atoms with Gasteiger partial charge in [-0.3, -0.25) is 0 Å². The van der Waals surface area contributed by atoms with Crippen molar-refractivity contribution in [2.45, 2.75) is 6.54 Å². The van der Waals surface area contributed by atoms with Crippen molar-refractivity contribution in [3.63, 3.8) is 0 Å². The number of fused-ring (bicyclic) bond motifs is 1. The first-order valence-corrected chi connectivity index (χ1v) is 6.71. The molecule has 0 saturated heterocycles. The van der Waals surface area contributed by atoms with Gasteiger partial charge < -0.3 is 10.3 Å². The molecule has 0 saturated carbocycles. The van der Waals surface area contributed by atoms with E-state index in [9.17, 15) is 4.39 Å². The van der Waals surface area contributed by atoms with Gasteiger partial charge in [0, 0.05) is 22.9 Å². The van der Waals surface area contributed by atoms with E-state index < -0.39 is 0 Å². The van der Waals surface area contributed by atoms with Gasteiger partial charge in [-0.15, -0.1) is 0 Å². The minimum absolute atomic E-state index is 0.220. The number of halogens is 2. The third-order valence-electron chi connectivity index (χ3n) is 3.15. The van der Waals surface area contributed by atoms with Gasteiger partial charge in [0.15, 0.2) is 0 Å². The zero-order valence-electron chi connectivity index (χ0n) is 10.1. The summed E-state index contributed by atoms with van der Waals surface area (Å²) in [5.41, 5.74) is 8.55. The van der Waals surface area contributed by atoms with Crippen LogP contribution >= 0.6 is 15.9 Å². The monoisotopic (exact) mass is 318 g/mol. The molecule has 0 aliphatic rings. The maximum Gasteiger partial charge on any atom is 0.125 e. The second-order valence-electron chi connectivity index (χ2n) is 4.50. The summed E-state index contributed by atoms with van der Waals surface area (Å²) in [6.45, 7) is 0.671. The zero-order chi connectivity index (χ0) is 13.4. The summed E-state index contributed by atoms with van der Waals surface area (Å²) >= 11 is 3.38. The fourth-order valence-electron chi connectivity index (χ4n) is 2.18. The molecule has 0 spiro atoms. The highest BCUT2D eigenvalue weighted by Gasteiger charge is 2.04. The quantitative estimate of drug-likeness (QED) is 0.706. The molecule has 3 aromatic rings. The van der Waals surface area contributed by atoms with Crippen LogP contribution in [-0.2, 0) is 6.54 Å². The Balaban J connectivity index is 2.00. The van der Waals surface area contributed by atoms with Gasteiger partial charge in [-0.25, -0.2) is 4.39 Å². The predicted octanol–water partition coefficient (Wildman–Crippen LogP) is 4.17. The average Bonchev–Trinajstić information content (AvgIpc) is 2.77. The number of nitrogens with two attached hydrogens (primary N) is 1. The van der Waals surface area contributed by atoms with Crippen LogP contribution in [0.4, 0.5) is 10.1 Å². The van der Waals surface area contributed by atoms with Gasteiger partial charge in [0.25, 0.3) is 0 Å². The van der Waals surface area contributed by atoms with E-state index in [2.05, 4.69) is 15.9 Å². The molecule has 19 heavy (non-hydrogen) atoms. The number of benzene rings is 2. The molecule has 0 aliphatic heterocycles. The molecule has 0 aliphatic carbocycles.